The van der Waals surface area contributed by atoms with E-state index in [0.717, 1.165) is 6.42 Å². The third kappa shape index (κ3) is 3.10. The molecule has 7 nitrogen and oxygen atoms in total. The number of likely N-dealkylation sites (tertiary alicyclic amines) is 1. The van der Waals surface area contributed by atoms with E-state index in [4.69, 9.17) is 9.26 Å². The van der Waals surface area contributed by atoms with Crippen LogP contribution >= 0.6 is 0 Å². The smallest absolute Gasteiger partial charge is 0.264 e. The summed E-state index contributed by atoms with van der Waals surface area (Å²) in [5.74, 6) is 1.19. The predicted octanol–water partition coefficient (Wildman–Crippen LogP) is 2.22. The molecule has 1 saturated heterocycles. The number of nitrogens with zero attached hydrogens (tertiary/aromatic N) is 3. The molecular formula is C17H19N3O4. The summed E-state index contributed by atoms with van der Waals surface area (Å²) in [6.45, 7) is 2.52. The molecule has 0 saturated carbocycles. The van der Waals surface area contributed by atoms with Gasteiger partial charge in [-0.1, -0.05) is 17.3 Å². The summed E-state index contributed by atoms with van der Waals surface area (Å²) >= 11 is 0. The molecule has 1 aliphatic heterocycles. The van der Waals surface area contributed by atoms with Crippen LogP contribution in [0, 0.1) is 6.92 Å². The number of carbonyl (C=O) groups is 2. The largest absolute Gasteiger partial charge is 0.496 e. The highest BCUT2D eigenvalue weighted by Gasteiger charge is 2.29. The predicted molar refractivity (Wildman–Crippen MR) is 86.9 cm³/mol. The fraction of sp³-hybridized carbons (Fsp3) is 0.353. The van der Waals surface area contributed by atoms with E-state index in [-0.39, 0.29) is 18.5 Å². The lowest BCUT2D eigenvalue weighted by Crippen LogP contribution is -2.42. The Morgan fingerprint density at radius 2 is 2.21 bits per heavy atom. The number of methoxy groups -OCH3 is 1. The zero-order valence-corrected chi connectivity index (χ0v) is 13.7. The molecule has 2 aromatic rings. The number of amides is 2. The van der Waals surface area contributed by atoms with Crippen molar-refractivity contribution in [3.63, 3.8) is 0 Å². The first kappa shape index (κ1) is 16.0. The van der Waals surface area contributed by atoms with E-state index in [1.165, 1.54) is 12.0 Å². The van der Waals surface area contributed by atoms with Crippen molar-refractivity contribution in [3.8, 4) is 5.75 Å². The van der Waals surface area contributed by atoms with Crippen molar-refractivity contribution in [2.24, 2.45) is 0 Å². The summed E-state index contributed by atoms with van der Waals surface area (Å²) in [7, 11) is 1.51. The zero-order chi connectivity index (χ0) is 17.1. The Labute approximate surface area is 139 Å². The number of aryl methyl sites for hydroxylation is 1. The van der Waals surface area contributed by atoms with Crippen molar-refractivity contribution < 1.29 is 18.8 Å². The minimum absolute atomic E-state index is 0.0352. The lowest BCUT2D eigenvalue weighted by Gasteiger charge is -2.26. The molecule has 0 N–H and O–H groups in total. The summed E-state index contributed by atoms with van der Waals surface area (Å²) in [5, 5.41) is 3.94. The number of aromatic nitrogens is 1. The number of benzene rings is 1. The van der Waals surface area contributed by atoms with E-state index >= 15 is 0 Å². The summed E-state index contributed by atoms with van der Waals surface area (Å²) in [5.41, 5.74) is 0.410. The summed E-state index contributed by atoms with van der Waals surface area (Å²) in [6.07, 6.45) is 1.31. The molecule has 0 unspecified atom stereocenters. The van der Waals surface area contributed by atoms with Crippen molar-refractivity contribution in [2.75, 3.05) is 25.2 Å². The summed E-state index contributed by atoms with van der Waals surface area (Å²) in [4.78, 5) is 28.1. The molecule has 7 heteroatoms. The average molecular weight is 329 g/mol. The van der Waals surface area contributed by atoms with E-state index in [1.807, 2.05) is 0 Å². The molecule has 126 valence electrons. The van der Waals surface area contributed by atoms with Crippen LogP contribution in [-0.2, 0) is 4.79 Å². The first-order valence-electron chi connectivity index (χ1n) is 7.76. The number of hydrogen-bond acceptors (Lipinski definition) is 5. The number of carbonyl (C=O) groups excluding carboxylic acids is 2. The maximum Gasteiger partial charge on any atom is 0.264 e. The molecule has 1 aromatic heterocycles. The van der Waals surface area contributed by atoms with Crippen LogP contribution in [0.3, 0.4) is 0 Å². The lowest BCUT2D eigenvalue weighted by atomic mass is 10.1. The maximum atomic E-state index is 13.1. The molecule has 3 rings (SSSR count). The highest BCUT2D eigenvalue weighted by molar-refractivity contribution is 6.07. The van der Waals surface area contributed by atoms with Gasteiger partial charge in [-0.15, -0.1) is 0 Å². The first-order chi connectivity index (χ1) is 11.6. The van der Waals surface area contributed by atoms with Crippen LogP contribution in [-0.4, -0.2) is 42.2 Å². The van der Waals surface area contributed by atoms with Crippen LogP contribution in [0.5, 0.6) is 5.75 Å². The average Bonchev–Trinajstić information content (AvgIpc) is 3.20. The van der Waals surface area contributed by atoms with Gasteiger partial charge in [0.1, 0.15) is 18.2 Å². The standard InChI is InChI=1S/C17H19N3O4/c1-12-10-15(18-24-12)20(11-19-9-5-8-16(19)21)17(22)13-6-3-4-7-14(13)23-2/h3-4,6-7,10H,5,8-9,11H2,1-2H3. The normalized spacial score (nSPS) is 14.1. The van der Waals surface area contributed by atoms with Gasteiger partial charge >= 0.3 is 0 Å². The van der Waals surface area contributed by atoms with Gasteiger partial charge in [0.05, 0.1) is 12.7 Å². The molecule has 0 atom stereocenters. The Morgan fingerprint density at radius 1 is 1.42 bits per heavy atom. The summed E-state index contributed by atoms with van der Waals surface area (Å²) < 4.78 is 10.4. The van der Waals surface area contributed by atoms with E-state index < -0.39 is 0 Å². The SMILES string of the molecule is COc1ccccc1C(=O)N(CN1CCCC1=O)c1cc(C)on1. The molecular weight excluding hydrogens is 310 g/mol. The van der Waals surface area contributed by atoms with Crippen molar-refractivity contribution >= 4 is 17.6 Å². The van der Waals surface area contributed by atoms with Crippen LogP contribution in [0.1, 0.15) is 29.0 Å². The molecule has 1 aromatic carbocycles. The second kappa shape index (κ2) is 6.74. The number of rotatable bonds is 5. The van der Waals surface area contributed by atoms with Crippen LogP contribution < -0.4 is 9.64 Å². The third-order valence-electron chi connectivity index (χ3n) is 3.96. The minimum Gasteiger partial charge on any atom is -0.496 e. The fourth-order valence-electron chi connectivity index (χ4n) is 2.71. The second-order valence-electron chi connectivity index (χ2n) is 5.63. The number of ether oxygens (including phenoxy) is 1. The van der Waals surface area contributed by atoms with Gasteiger partial charge < -0.3 is 14.2 Å². The van der Waals surface area contributed by atoms with Gasteiger partial charge in [-0.25, -0.2) is 0 Å². The molecule has 1 fully saturated rings. The zero-order valence-electron chi connectivity index (χ0n) is 13.7. The Kier molecular flexibility index (Phi) is 4.50. The fourth-order valence-corrected chi connectivity index (χ4v) is 2.71. The molecule has 0 aliphatic carbocycles. The molecule has 2 heterocycles. The van der Waals surface area contributed by atoms with Gasteiger partial charge in [-0.05, 0) is 25.5 Å². The molecule has 2 amide bonds. The van der Waals surface area contributed by atoms with E-state index in [0.29, 0.717) is 35.9 Å². The quantitative estimate of drug-likeness (QED) is 0.841. The second-order valence-corrected chi connectivity index (χ2v) is 5.63. The highest BCUT2D eigenvalue weighted by Crippen LogP contribution is 2.24. The Hall–Kier alpha value is -2.83. The Bertz CT molecular complexity index is 756. The monoisotopic (exact) mass is 329 g/mol. The van der Waals surface area contributed by atoms with Crippen LogP contribution in [0.2, 0.25) is 0 Å². The minimum atomic E-state index is -0.291. The number of hydrogen-bond donors (Lipinski definition) is 0. The maximum absolute atomic E-state index is 13.1. The number of para-hydroxylation sites is 1. The number of anilines is 1. The highest BCUT2D eigenvalue weighted by atomic mass is 16.5. The molecule has 24 heavy (non-hydrogen) atoms. The van der Waals surface area contributed by atoms with Crippen LogP contribution in [0.25, 0.3) is 0 Å². The Morgan fingerprint density at radius 3 is 2.83 bits per heavy atom. The molecule has 0 spiro atoms. The Balaban J connectivity index is 1.94. The van der Waals surface area contributed by atoms with Crippen molar-refractivity contribution in [1.82, 2.24) is 10.1 Å². The van der Waals surface area contributed by atoms with Gasteiger partial charge in [0.2, 0.25) is 5.91 Å². The molecule has 0 radical (unpaired) electrons. The van der Waals surface area contributed by atoms with Gasteiger partial charge in [-0.2, -0.15) is 0 Å². The van der Waals surface area contributed by atoms with Crippen LogP contribution in [0.15, 0.2) is 34.9 Å². The summed E-state index contributed by atoms with van der Waals surface area (Å²) in [6, 6.07) is 8.65. The molecule has 0 bridgehead atoms. The van der Waals surface area contributed by atoms with Crippen molar-refractivity contribution in [3.05, 3.63) is 41.7 Å². The van der Waals surface area contributed by atoms with Gasteiger partial charge in [0.15, 0.2) is 5.82 Å². The van der Waals surface area contributed by atoms with E-state index in [9.17, 15) is 9.59 Å². The van der Waals surface area contributed by atoms with E-state index in [1.54, 1.807) is 42.2 Å². The van der Waals surface area contributed by atoms with Crippen LogP contribution in [0.4, 0.5) is 5.82 Å². The molecule has 1 aliphatic rings. The topological polar surface area (TPSA) is 75.9 Å². The van der Waals surface area contributed by atoms with Gasteiger partial charge in [-0.3, -0.25) is 14.5 Å². The lowest BCUT2D eigenvalue weighted by molar-refractivity contribution is -0.127. The first-order valence-corrected chi connectivity index (χ1v) is 7.76. The van der Waals surface area contributed by atoms with Gasteiger partial charge in [0.25, 0.3) is 5.91 Å². The van der Waals surface area contributed by atoms with Crippen molar-refractivity contribution in [1.29, 1.82) is 0 Å². The van der Waals surface area contributed by atoms with Crippen molar-refractivity contribution in [2.45, 2.75) is 19.8 Å². The van der Waals surface area contributed by atoms with E-state index in [2.05, 4.69) is 5.16 Å². The third-order valence-corrected chi connectivity index (χ3v) is 3.96. The van der Waals surface area contributed by atoms with Gasteiger partial charge in [0, 0.05) is 19.0 Å².